The van der Waals surface area contributed by atoms with E-state index in [1.807, 2.05) is 17.0 Å². The molecular weight excluding hydrogens is 344 g/mol. The van der Waals surface area contributed by atoms with Crippen molar-refractivity contribution in [1.29, 1.82) is 0 Å². The molecule has 1 aliphatic heterocycles. The Hall–Kier alpha value is -2.90. The number of nitrogens with one attached hydrogen (secondary N) is 2. The first-order valence-electron chi connectivity index (χ1n) is 9.41. The van der Waals surface area contributed by atoms with Crippen LogP contribution in [0.2, 0.25) is 0 Å². The number of nitrogens with zero attached hydrogens (tertiary/aromatic N) is 4. The topological polar surface area (TPSA) is 92.2 Å². The first-order valence-corrected chi connectivity index (χ1v) is 9.41. The van der Waals surface area contributed by atoms with Gasteiger partial charge in [0.05, 0.1) is 0 Å². The Morgan fingerprint density at radius 3 is 2.93 bits per heavy atom. The Balaban J connectivity index is 1.37. The van der Waals surface area contributed by atoms with Crippen molar-refractivity contribution in [2.24, 2.45) is 7.05 Å². The van der Waals surface area contributed by atoms with Crippen molar-refractivity contribution in [3.05, 3.63) is 46.6 Å². The number of aryl methyl sites for hydroxylation is 1. The van der Waals surface area contributed by atoms with Gasteiger partial charge in [-0.2, -0.15) is 0 Å². The van der Waals surface area contributed by atoms with E-state index in [0.29, 0.717) is 24.1 Å². The molecular formula is C19H24N6O2. The minimum absolute atomic E-state index is 0.0444. The Morgan fingerprint density at radius 1 is 1.26 bits per heavy atom. The van der Waals surface area contributed by atoms with Crippen LogP contribution >= 0.6 is 0 Å². The van der Waals surface area contributed by atoms with E-state index in [9.17, 15) is 9.59 Å². The molecule has 2 fully saturated rings. The number of hydrogen-bond donors (Lipinski definition) is 2. The molecule has 2 aromatic rings. The van der Waals surface area contributed by atoms with Gasteiger partial charge in [0, 0.05) is 50.2 Å². The van der Waals surface area contributed by atoms with Crippen LogP contribution in [0, 0.1) is 0 Å². The Morgan fingerprint density at radius 2 is 2.11 bits per heavy atom. The van der Waals surface area contributed by atoms with Crippen LogP contribution in [0.5, 0.6) is 0 Å². The number of hydrogen-bond acceptors (Lipinski definition) is 5. The summed E-state index contributed by atoms with van der Waals surface area (Å²) in [6.07, 6.45) is 7.37. The Labute approximate surface area is 157 Å². The monoisotopic (exact) mass is 368 g/mol. The Bertz CT molecular complexity index is 892. The van der Waals surface area contributed by atoms with Gasteiger partial charge >= 0.3 is 6.03 Å². The maximum Gasteiger partial charge on any atom is 0.320 e. The minimum atomic E-state index is -0.267. The maximum atomic E-state index is 12.4. The molecule has 2 amide bonds. The number of amides is 2. The van der Waals surface area contributed by atoms with E-state index in [0.717, 1.165) is 25.1 Å². The predicted molar refractivity (Wildman–Crippen MR) is 103 cm³/mol. The van der Waals surface area contributed by atoms with E-state index in [4.69, 9.17) is 0 Å². The third-order valence-electron chi connectivity index (χ3n) is 5.06. The van der Waals surface area contributed by atoms with E-state index >= 15 is 0 Å². The quantitative estimate of drug-likeness (QED) is 0.859. The summed E-state index contributed by atoms with van der Waals surface area (Å²) in [4.78, 5) is 35.4. The molecule has 4 rings (SSSR count). The molecule has 27 heavy (non-hydrogen) atoms. The average Bonchev–Trinajstić information content (AvgIpc) is 3.49. The number of carbonyl (C=O) groups excluding carboxylic acids is 1. The Kier molecular flexibility index (Phi) is 4.79. The van der Waals surface area contributed by atoms with Crippen molar-refractivity contribution in [3.63, 3.8) is 0 Å². The lowest BCUT2D eigenvalue weighted by Crippen LogP contribution is -2.50. The fourth-order valence-electron chi connectivity index (χ4n) is 3.45. The smallest absolute Gasteiger partial charge is 0.320 e. The number of rotatable bonds is 4. The van der Waals surface area contributed by atoms with Gasteiger partial charge in [0.1, 0.15) is 5.82 Å². The highest BCUT2D eigenvalue weighted by molar-refractivity contribution is 5.88. The fourth-order valence-corrected chi connectivity index (χ4v) is 3.45. The van der Waals surface area contributed by atoms with Crippen LogP contribution in [0.15, 0.2) is 35.4 Å². The van der Waals surface area contributed by atoms with Gasteiger partial charge in [-0.1, -0.05) is 6.07 Å². The lowest BCUT2D eigenvalue weighted by atomic mass is 10.1. The van der Waals surface area contributed by atoms with Crippen LogP contribution in [0.25, 0.3) is 0 Å². The van der Waals surface area contributed by atoms with Crippen LogP contribution in [0.4, 0.5) is 16.4 Å². The van der Waals surface area contributed by atoms with E-state index in [1.54, 1.807) is 25.5 Å². The lowest BCUT2D eigenvalue weighted by molar-refractivity contribution is 0.246. The van der Waals surface area contributed by atoms with E-state index in [-0.39, 0.29) is 17.6 Å². The summed E-state index contributed by atoms with van der Waals surface area (Å²) >= 11 is 0. The van der Waals surface area contributed by atoms with Crippen molar-refractivity contribution in [3.8, 4) is 0 Å². The fraction of sp³-hybridized carbons (Fsp3) is 0.474. The van der Waals surface area contributed by atoms with Crippen molar-refractivity contribution >= 4 is 17.7 Å². The number of pyridine rings is 1. The van der Waals surface area contributed by atoms with Gasteiger partial charge in [-0.05, 0) is 37.8 Å². The third-order valence-corrected chi connectivity index (χ3v) is 5.06. The van der Waals surface area contributed by atoms with Crippen molar-refractivity contribution in [2.75, 3.05) is 23.3 Å². The summed E-state index contributed by atoms with van der Waals surface area (Å²) in [7, 11) is 1.71. The molecule has 1 aliphatic carbocycles. The second kappa shape index (κ2) is 7.38. The van der Waals surface area contributed by atoms with Gasteiger partial charge in [-0.25, -0.2) is 14.8 Å². The standard InChI is InChI=1S/C19H24N6O2/c1-24-11-9-20-17(18(24)26)25-10-3-4-14(12-25)21-19(27)23-16-6-2-5-15(22-16)13-7-8-13/h2,5-6,9,11,13-14H,3-4,7-8,10,12H2,1H3,(H2,21,22,23,27). The third kappa shape index (κ3) is 4.10. The van der Waals surface area contributed by atoms with Gasteiger partial charge in [-0.15, -0.1) is 0 Å². The molecule has 0 radical (unpaired) electrons. The van der Waals surface area contributed by atoms with Crippen LogP contribution in [-0.2, 0) is 7.05 Å². The van der Waals surface area contributed by atoms with Gasteiger partial charge in [-0.3, -0.25) is 10.1 Å². The van der Waals surface area contributed by atoms with Crippen LogP contribution < -0.4 is 21.1 Å². The van der Waals surface area contributed by atoms with Crippen molar-refractivity contribution < 1.29 is 4.79 Å². The molecule has 0 bridgehead atoms. The summed E-state index contributed by atoms with van der Waals surface area (Å²) in [6, 6.07) is 5.42. The molecule has 2 aromatic heterocycles. The summed E-state index contributed by atoms with van der Waals surface area (Å²) < 4.78 is 1.52. The molecule has 1 saturated carbocycles. The number of carbonyl (C=O) groups is 1. The van der Waals surface area contributed by atoms with E-state index in [1.165, 1.54) is 17.4 Å². The molecule has 1 saturated heterocycles. The molecule has 2 aliphatic rings. The van der Waals surface area contributed by atoms with Crippen molar-refractivity contribution in [2.45, 2.75) is 37.6 Å². The number of anilines is 2. The molecule has 3 heterocycles. The number of piperidine rings is 1. The lowest BCUT2D eigenvalue weighted by Gasteiger charge is -2.33. The zero-order chi connectivity index (χ0) is 18.8. The SMILES string of the molecule is Cn1ccnc(N2CCCC(NC(=O)Nc3cccc(C4CC4)n3)C2)c1=O. The molecule has 8 heteroatoms. The minimum Gasteiger partial charge on any atom is -0.350 e. The molecule has 2 N–H and O–H groups in total. The zero-order valence-electron chi connectivity index (χ0n) is 15.4. The summed E-state index contributed by atoms with van der Waals surface area (Å²) in [5.74, 6) is 1.55. The highest BCUT2D eigenvalue weighted by atomic mass is 16.2. The molecule has 0 aromatic carbocycles. The first-order chi connectivity index (χ1) is 13.1. The molecule has 1 atom stereocenters. The normalized spacial score (nSPS) is 19.6. The largest absolute Gasteiger partial charge is 0.350 e. The highest BCUT2D eigenvalue weighted by Crippen LogP contribution is 2.39. The molecule has 8 nitrogen and oxygen atoms in total. The van der Waals surface area contributed by atoms with Gasteiger partial charge < -0.3 is 14.8 Å². The maximum absolute atomic E-state index is 12.4. The summed E-state index contributed by atoms with van der Waals surface area (Å²) in [5, 5.41) is 5.82. The van der Waals surface area contributed by atoms with Gasteiger partial charge in [0.25, 0.3) is 5.56 Å². The van der Waals surface area contributed by atoms with Gasteiger partial charge in [0.15, 0.2) is 5.82 Å². The molecule has 142 valence electrons. The first kappa shape index (κ1) is 17.5. The highest BCUT2D eigenvalue weighted by Gasteiger charge is 2.26. The van der Waals surface area contributed by atoms with Crippen LogP contribution in [0.1, 0.15) is 37.3 Å². The van der Waals surface area contributed by atoms with E-state index in [2.05, 4.69) is 20.6 Å². The summed E-state index contributed by atoms with van der Waals surface area (Å²) in [6.45, 7) is 1.33. The second-order valence-corrected chi connectivity index (χ2v) is 7.27. The zero-order valence-corrected chi connectivity index (χ0v) is 15.4. The second-order valence-electron chi connectivity index (χ2n) is 7.27. The predicted octanol–water partition coefficient (Wildman–Crippen LogP) is 1.84. The average molecular weight is 368 g/mol. The van der Waals surface area contributed by atoms with Gasteiger partial charge in [0.2, 0.25) is 0 Å². The number of urea groups is 1. The summed E-state index contributed by atoms with van der Waals surface area (Å²) in [5.41, 5.74) is 0.923. The van der Waals surface area contributed by atoms with Crippen molar-refractivity contribution in [1.82, 2.24) is 19.9 Å². The van der Waals surface area contributed by atoms with Crippen LogP contribution in [0.3, 0.4) is 0 Å². The molecule has 0 spiro atoms. The number of aromatic nitrogens is 3. The van der Waals surface area contributed by atoms with Crippen LogP contribution in [-0.4, -0.2) is 39.7 Å². The van der Waals surface area contributed by atoms with E-state index < -0.39 is 0 Å². The molecule has 1 unspecified atom stereocenters.